The van der Waals surface area contributed by atoms with Crippen LogP contribution in [0.1, 0.15) is 25.0 Å². The highest BCUT2D eigenvalue weighted by molar-refractivity contribution is 6.42. The number of nitrogens with zero attached hydrogens (tertiary/aromatic N) is 1. The van der Waals surface area contributed by atoms with E-state index in [0.29, 0.717) is 16.0 Å². The minimum Gasteiger partial charge on any atom is -0.343 e. The van der Waals surface area contributed by atoms with Crippen molar-refractivity contribution in [2.45, 2.75) is 26.9 Å². The summed E-state index contributed by atoms with van der Waals surface area (Å²) in [5.74, 6) is 0.648. The molecule has 126 valence electrons. The van der Waals surface area contributed by atoms with Gasteiger partial charge in [0.1, 0.15) is 0 Å². The lowest BCUT2D eigenvalue weighted by atomic mass is 10.1. The zero-order valence-corrected chi connectivity index (χ0v) is 15.5. The summed E-state index contributed by atoms with van der Waals surface area (Å²) in [5, 5.41) is 6.03. The van der Waals surface area contributed by atoms with Crippen molar-refractivity contribution >= 4 is 34.1 Å². The van der Waals surface area contributed by atoms with E-state index in [2.05, 4.69) is 54.2 Å². The molecule has 3 rings (SSSR count). The third-order valence-corrected chi connectivity index (χ3v) is 4.82. The first-order valence-corrected chi connectivity index (χ1v) is 9.01. The van der Waals surface area contributed by atoms with Crippen LogP contribution in [0.25, 0.3) is 10.9 Å². The first-order valence-electron chi connectivity index (χ1n) is 8.26. The van der Waals surface area contributed by atoms with Gasteiger partial charge >= 0.3 is 0 Å². The quantitative estimate of drug-likeness (QED) is 0.592. The predicted molar refractivity (Wildman–Crippen MR) is 104 cm³/mol. The van der Waals surface area contributed by atoms with Crippen molar-refractivity contribution in [3.63, 3.8) is 0 Å². The Hall–Kier alpha value is -1.48. The maximum absolute atomic E-state index is 6.15. The molecule has 0 fully saturated rings. The van der Waals surface area contributed by atoms with Crippen molar-refractivity contribution in [1.82, 2.24) is 9.88 Å². The highest BCUT2D eigenvalue weighted by atomic mass is 35.5. The summed E-state index contributed by atoms with van der Waals surface area (Å²) in [7, 11) is 0. The van der Waals surface area contributed by atoms with Crippen LogP contribution in [0.3, 0.4) is 0 Å². The summed E-state index contributed by atoms with van der Waals surface area (Å²) in [6.45, 7) is 7.13. The minimum absolute atomic E-state index is 0.594. The van der Waals surface area contributed by atoms with Crippen LogP contribution in [0, 0.1) is 5.92 Å². The number of hydrogen-bond acceptors (Lipinski definition) is 1. The van der Waals surface area contributed by atoms with Gasteiger partial charge in [-0.05, 0) is 41.8 Å². The Bertz CT molecular complexity index is 837. The third-order valence-electron chi connectivity index (χ3n) is 4.08. The molecule has 0 aliphatic rings. The number of halogens is 2. The van der Waals surface area contributed by atoms with Gasteiger partial charge in [0.05, 0.1) is 10.0 Å². The molecule has 0 saturated heterocycles. The molecule has 4 heteroatoms. The van der Waals surface area contributed by atoms with Crippen LogP contribution in [0.15, 0.2) is 48.7 Å². The van der Waals surface area contributed by atoms with Gasteiger partial charge in [-0.2, -0.15) is 0 Å². The second kappa shape index (κ2) is 7.60. The van der Waals surface area contributed by atoms with Crippen molar-refractivity contribution in [2.75, 3.05) is 6.54 Å². The Kier molecular flexibility index (Phi) is 5.50. The lowest BCUT2D eigenvalue weighted by molar-refractivity contribution is 0.553. The average molecular weight is 361 g/mol. The molecular weight excluding hydrogens is 339 g/mol. The van der Waals surface area contributed by atoms with Gasteiger partial charge in [-0.3, -0.25) is 0 Å². The molecule has 1 aromatic heterocycles. The molecular formula is C20H22Cl2N2. The number of rotatable bonds is 6. The van der Waals surface area contributed by atoms with E-state index in [9.17, 15) is 0 Å². The highest BCUT2D eigenvalue weighted by Gasteiger charge is 2.09. The van der Waals surface area contributed by atoms with Gasteiger partial charge in [-0.25, -0.2) is 0 Å². The van der Waals surface area contributed by atoms with Gasteiger partial charge in [0.15, 0.2) is 0 Å². The van der Waals surface area contributed by atoms with E-state index in [1.807, 2.05) is 18.2 Å². The second-order valence-electron chi connectivity index (χ2n) is 6.57. The fourth-order valence-electron chi connectivity index (χ4n) is 2.92. The molecule has 3 aromatic rings. The third kappa shape index (κ3) is 3.94. The first kappa shape index (κ1) is 17.3. The van der Waals surface area contributed by atoms with E-state index >= 15 is 0 Å². The van der Waals surface area contributed by atoms with E-state index in [4.69, 9.17) is 23.2 Å². The number of aromatic nitrogens is 1. The highest BCUT2D eigenvalue weighted by Crippen LogP contribution is 2.26. The molecule has 0 bridgehead atoms. The van der Waals surface area contributed by atoms with Crippen molar-refractivity contribution in [2.24, 2.45) is 5.92 Å². The summed E-state index contributed by atoms with van der Waals surface area (Å²) >= 11 is 12.2. The Morgan fingerprint density at radius 2 is 1.83 bits per heavy atom. The largest absolute Gasteiger partial charge is 0.343 e. The molecule has 0 aliphatic heterocycles. The lowest BCUT2D eigenvalue weighted by Gasteiger charge is -2.07. The Morgan fingerprint density at radius 1 is 1.04 bits per heavy atom. The number of nitrogens with one attached hydrogen (secondary N) is 1. The van der Waals surface area contributed by atoms with Crippen LogP contribution in [0.4, 0.5) is 0 Å². The van der Waals surface area contributed by atoms with Crippen LogP contribution < -0.4 is 5.32 Å². The molecule has 0 saturated carbocycles. The fraction of sp³-hybridized carbons (Fsp3) is 0.300. The molecule has 1 heterocycles. The monoisotopic (exact) mass is 360 g/mol. The summed E-state index contributed by atoms with van der Waals surface area (Å²) < 4.78 is 2.28. The molecule has 0 aliphatic carbocycles. The van der Waals surface area contributed by atoms with E-state index in [1.54, 1.807) is 0 Å². The van der Waals surface area contributed by atoms with Crippen LogP contribution in [-0.4, -0.2) is 11.1 Å². The molecule has 0 unspecified atom stereocenters. The summed E-state index contributed by atoms with van der Waals surface area (Å²) in [4.78, 5) is 0. The Labute approximate surface area is 153 Å². The molecule has 0 atom stereocenters. The van der Waals surface area contributed by atoms with Gasteiger partial charge < -0.3 is 9.88 Å². The molecule has 2 nitrogen and oxygen atoms in total. The van der Waals surface area contributed by atoms with Gasteiger partial charge in [0, 0.05) is 30.2 Å². The van der Waals surface area contributed by atoms with Crippen molar-refractivity contribution in [3.8, 4) is 0 Å². The van der Waals surface area contributed by atoms with Gasteiger partial charge in [-0.1, -0.05) is 61.3 Å². The molecule has 0 radical (unpaired) electrons. The summed E-state index contributed by atoms with van der Waals surface area (Å²) in [6, 6.07) is 14.4. The average Bonchev–Trinajstić information content (AvgIpc) is 2.89. The molecule has 0 amide bonds. The summed E-state index contributed by atoms with van der Waals surface area (Å²) in [5.41, 5.74) is 3.71. The van der Waals surface area contributed by atoms with Gasteiger partial charge in [0.25, 0.3) is 0 Å². The van der Waals surface area contributed by atoms with Crippen LogP contribution in [0.5, 0.6) is 0 Å². The molecule has 1 N–H and O–H groups in total. The molecule has 0 spiro atoms. The smallest absolute Gasteiger partial charge is 0.0595 e. The van der Waals surface area contributed by atoms with E-state index in [0.717, 1.165) is 25.2 Å². The zero-order valence-electron chi connectivity index (χ0n) is 14.0. The Morgan fingerprint density at radius 3 is 2.58 bits per heavy atom. The molecule has 24 heavy (non-hydrogen) atoms. The minimum atomic E-state index is 0.594. The number of benzene rings is 2. The summed E-state index contributed by atoms with van der Waals surface area (Å²) in [6.07, 6.45) is 2.24. The lowest BCUT2D eigenvalue weighted by Crippen LogP contribution is -2.18. The molecule has 2 aromatic carbocycles. The first-order chi connectivity index (χ1) is 11.5. The number of hydrogen-bond donors (Lipinski definition) is 1. The fourth-order valence-corrected chi connectivity index (χ4v) is 3.25. The maximum atomic E-state index is 6.15. The van der Waals surface area contributed by atoms with Crippen LogP contribution in [0.2, 0.25) is 10.0 Å². The topological polar surface area (TPSA) is 17.0 Å². The van der Waals surface area contributed by atoms with Crippen molar-refractivity contribution < 1.29 is 0 Å². The normalized spacial score (nSPS) is 11.5. The maximum Gasteiger partial charge on any atom is 0.0595 e. The number of fused-ring (bicyclic) bond motifs is 1. The van der Waals surface area contributed by atoms with Gasteiger partial charge in [0.2, 0.25) is 0 Å². The van der Waals surface area contributed by atoms with Crippen LogP contribution in [-0.2, 0) is 13.1 Å². The number of para-hydroxylation sites is 1. The van der Waals surface area contributed by atoms with Crippen molar-refractivity contribution in [3.05, 3.63) is 69.8 Å². The second-order valence-corrected chi connectivity index (χ2v) is 7.39. The Balaban J connectivity index is 1.88. The van der Waals surface area contributed by atoms with E-state index in [-0.39, 0.29) is 0 Å². The SMILES string of the molecule is CC(C)CNCc1cn(Cc2ccc(Cl)c(Cl)c2)c2ccccc12. The van der Waals surface area contributed by atoms with E-state index in [1.165, 1.54) is 16.5 Å². The van der Waals surface area contributed by atoms with Crippen molar-refractivity contribution in [1.29, 1.82) is 0 Å². The standard InChI is InChI=1S/C20H22Cl2N2/c1-14(2)10-23-11-16-13-24(20-6-4-3-5-17(16)20)12-15-7-8-18(21)19(22)9-15/h3-9,13-14,23H,10-12H2,1-2H3. The zero-order chi connectivity index (χ0) is 17.1. The van der Waals surface area contributed by atoms with Crippen LogP contribution >= 0.6 is 23.2 Å². The van der Waals surface area contributed by atoms with E-state index < -0.39 is 0 Å². The predicted octanol–water partition coefficient (Wildman–Crippen LogP) is 5.74. The van der Waals surface area contributed by atoms with Gasteiger partial charge in [-0.15, -0.1) is 0 Å².